The van der Waals surface area contributed by atoms with E-state index in [1.165, 1.54) is 24.3 Å². The zero-order valence-electron chi connectivity index (χ0n) is 13.6. The highest BCUT2D eigenvalue weighted by molar-refractivity contribution is 7.91. The maximum atomic E-state index is 13.0. The van der Waals surface area contributed by atoms with Crippen LogP contribution >= 0.6 is 0 Å². The first-order chi connectivity index (χ1) is 11.3. The Hall–Kier alpha value is -2.21. The van der Waals surface area contributed by atoms with Crippen LogP contribution in [0.1, 0.15) is 42.2 Å². The van der Waals surface area contributed by atoms with E-state index in [-0.39, 0.29) is 28.1 Å². The van der Waals surface area contributed by atoms with Crippen molar-refractivity contribution in [3.63, 3.8) is 0 Å². The molecule has 24 heavy (non-hydrogen) atoms. The molecule has 1 atom stereocenters. The summed E-state index contributed by atoms with van der Waals surface area (Å²) in [6.45, 7) is 3.53. The molecule has 0 saturated heterocycles. The van der Waals surface area contributed by atoms with Gasteiger partial charge in [-0.15, -0.1) is 0 Å². The van der Waals surface area contributed by atoms with Gasteiger partial charge in [0.15, 0.2) is 9.84 Å². The summed E-state index contributed by atoms with van der Waals surface area (Å²) in [6, 6.07) is 11.6. The molecule has 0 radical (unpaired) electrons. The average Bonchev–Trinajstić information content (AvgIpc) is 2.55. The van der Waals surface area contributed by atoms with E-state index in [9.17, 15) is 17.6 Å². The number of amides is 1. The Morgan fingerprint density at radius 1 is 1.12 bits per heavy atom. The van der Waals surface area contributed by atoms with Crippen LogP contribution in [-0.4, -0.2) is 20.1 Å². The minimum atomic E-state index is -3.50. The lowest BCUT2D eigenvalue weighted by atomic mass is 10.1. The van der Waals surface area contributed by atoms with Crippen molar-refractivity contribution in [2.75, 3.05) is 5.75 Å². The number of carbonyl (C=O) groups is 1. The van der Waals surface area contributed by atoms with Crippen LogP contribution in [0.15, 0.2) is 53.4 Å². The van der Waals surface area contributed by atoms with Gasteiger partial charge in [0.1, 0.15) is 5.82 Å². The molecule has 2 aromatic rings. The fraction of sp³-hybridized carbons (Fsp3) is 0.278. The van der Waals surface area contributed by atoms with Gasteiger partial charge in [-0.1, -0.05) is 31.2 Å². The molecule has 0 aliphatic carbocycles. The predicted octanol–water partition coefficient (Wildman–Crippen LogP) is 3.50. The Bertz CT molecular complexity index is 816. The second-order valence-corrected chi connectivity index (χ2v) is 7.64. The number of hydrogen-bond acceptors (Lipinski definition) is 3. The Morgan fingerprint density at radius 2 is 1.75 bits per heavy atom. The van der Waals surface area contributed by atoms with E-state index < -0.39 is 15.7 Å². The lowest BCUT2D eigenvalue weighted by Crippen LogP contribution is -2.28. The van der Waals surface area contributed by atoms with Crippen molar-refractivity contribution >= 4 is 15.7 Å². The third kappa shape index (κ3) is 4.20. The number of rotatable bonds is 6. The maximum Gasteiger partial charge on any atom is 0.253 e. The molecule has 1 N–H and O–H groups in total. The molecule has 0 unspecified atom stereocenters. The van der Waals surface area contributed by atoms with Gasteiger partial charge in [0.05, 0.1) is 22.3 Å². The Kier molecular flexibility index (Phi) is 5.72. The van der Waals surface area contributed by atoms with Gasteiger partial charge in [-0.05, 0) is 43.2 Å². The quantitative estimate of drug-likeness (QED) is 0.868. The highest BCUT2D eigenvalue weighted by Gasteiger charge is 2.22. The highest BCUT2D eigenvalue weighted by atomic mass is 32.2. The molecule has 4 nitrogen and oxygen atoms in total. The van der Waals surface area contributed by atoms with Gasteiger partial charge in [-0.3, -0.25) is 4.79 Å². The van der Waals surface area contributed by atoms with Crippen LogP contribution in [0.3, 0.4) is 0 Å². The molecule has 0 spiro atoms. The van der Waals surface area contributed by atoms with Crippen molar-refractivity contribution in [1.29, 1.82) is 0 Å². The van der Waals surface area contributed by atoms with Crippen LogP contribution in [-0.2, 0) is 9.84 Å². The molecule has 0 aromatic heterocycles. The van der Waals surface area contributed by atoms with Gasteiger partial charge in [0.2, 0.25) is 0 Å². The molecule has 0 heterocycles. The zero-order valence-corrected chi connectivity index (χ0v) is 14.4. The molecule has 2 aromatic carbocycles. The summed E-state index contributed by atoms with van der Waals surface area (Å²) in [5.41, 5.74) is 0.860. The molecular weight excluding hydrogens is 329 g/mol. The van der Waals surface area contributed by atoms with E-state index in [2.05, 4.69) is 5.32 Å². The lowest BCUT2D eigenvalue weighted by molar-refractivity contribution is 0.0936. The maximum absolute atomic E-state index is 13.0. The zero-order chi connectivity index (χ0) is 17.7. The van der Waals surface area contributed by atoms with Crippen molar-refractivity contribution in [2.45, 2.75) is 31.2 Å². The van der Waals surface area contributed by atoms with Crippen LogP contribution < -0.4 is 5.32 Å². The standard InChI is InChI=1S/C18H20FNO3S/c1-3-12-24(22,23)17-7-5-4-6-16(17)18(21)20-13(2)14-8-10-15(19)11-9-14/h4-11,13H,3,12H2,1-2H3,(H,20,21)/t13-/m0/s1. The second-order valence-electron chi connectivity index (χ2n) is 5.56. The molecule has 1 amide bonds. The first-order valence-electron chi connectivity index (χ1n) is 7.73. The van der Waals surface area contributed by atoms with Crippen LogP contribution in [0, 0.1) is 5.82 Å². The number of hydrogen-bond donors (Lipinski definition) is 1. The van der Waals surface area contributed by atoms with Crippen molar-refractivity contribution in [3.05, 3.63) is 65.5 Å². The minimum Gasteiger partial charge on any atom is -0.345 e. The van der Waals surface area contributed by atoms with E-state index in [1.807, 2.05) is 0 Å². The van der Waals surface area contributed by atoms with Crippen molar-refractivity contribution in [1.82, 2.24) is 5.32 Å². The summed E-state index contributed by atoms with van der Waals surface area (Å²) in [4.78, 5) is 12.6. The van der Waals surface area contributed by atoms with Gasteiger partial charge in [0.25, 0.3) is 5.91 Å². The summed E-state index contributed by atoms with van der Waals surface area (Å²) in [6.07, 6.45) is 0.476. The average molecular weight is 349 g/mol. The van der Waals surface area contributed by atoms with Gasteiger partial charge >= 0.3 is 0 Å². The number of halogens is 1. The molecule has 0 fully saturated rings. The molecule has 128 valence electrons. The first-order valence-corrected chi connectivity index (χ1v) is 9.38. The van der Waals surface area contributed by atoms with Gasteiger partial charge in [0, 0.05) is 0 Å². The Labute approximate surface area is 141 Å². The van der Waals surface area contributed by atoms with Crippen LogP contribution in [0.4, 0.5) is 4.39 Å². The summed E-state index contributed by atoms with van der Waals surface area (Å²) in [5.74, 6) is -0.833. The predicted molar refractivity (Wildman–Crippen MR) is 91.1 cm³/mol. The minimum absolute atomic E-state index is 0.00912. The summed E-state index contributed by atoms with van der Waals surface area (Å²) in [7, 11) is -3.50. The number of benzene rings is 2. The SMILES string of the molecule is CCCS(=O)(=O)c1ccccc1C(=O)N[C@@H](C)c1ccc(F)cc1. The van der Waals surface area contributed by atoms with Gasteiger partial charge in [-0.2, -0.15) is 0 Å². The molecule has 0 aliphatic heterocycles. The molecule has 6 heteroatoms. The van der Waals surface area contributed by atoms with Crippen molar-refractivity contribution in [2.24, 2.45) is 0 Å². The third-order valence-corrected chi connectivity index (χ3v) is 5.63. The number of carbonyl (C=O) groups excluding carboxylic acids is 1. The molecule has 0 saturated carbocycles. The van der Waals surface area contributed by atoms with E-state index in [4.69, 9.17) is 0 Å². The molecular formula is C18H20FNO3S. The topological polar surface area (TPSA) is 63.2 Å². The molecule has 2 rings (SSSR count). The Balaban J connectivity index is 2.26. The van der Waals surface area contributed by atoms with Crippen LogP contribution in [0.25, 0.3) is 0 Å². The largest absolute Gasteiger partial charge is 0.345 e. The normalized spacial score (nSPS) is 12.6. The Morgan fingerprint density at radius 3 is 2.38 bits per heavy atom. The van der Waals surface area contributed by atoms with E-state index in [0.29, 0.717) is 6.42 Å². The number of sulfone groups is 1. The van der Waals surface area contributed by atoms with Crippen molar-refractivity contribution < 1.29 is 17.6 Å². The van der Waals surface area contributed by atoms with Crippen molar-refractivity contribution in [3.8, 4) is 0 Å². The van der Waals surface area contributed by atoms with E-state index >= 15 is 0 Å². The monoisotopic (exact) mass is 349 g/mol. The summed E-state index contributed by atoms with van der Waals surface area (Å²) in [5, 5.41) is 2.76. The summed E-state index contributed by atoms with van der Waals surface area (Å²) < 4.78 is 37.6. The second kappa shape index (κ2) is 7.57. The molecule has 0 bridgehead atoms. The fourth-order valence-electron chi connectivity index (χ4n) is 2.41. The third-order valence-electron chi connectivity index (χ3n) is 3.66. The smallest absolute Gasteiger partial charge is 0.253 e. The molecule has 0 aliphatic rings. The highest BCUT2D eigenvalue weighted by Crippen LogP contribution is 2.20. The lowest BCUT2D eigenvalue weighted by Gasteiger charge is -2.16. The van der Waals surface area contributed by atoms with E-state index in [0.717, 1.165) is 5.56 Å². The van der Waals surface area contributed by atoms with Gasteiger partial charge in [-0.25, -0.2) is 12.8 Å². The van der Waals surface area contributed by atoms with Crippen LogP contribution in [0.5, 0.6) is 0 Å². The van der Waals surface area contributed by atoms with E-state index in [1.54, 1.807) is 38.1 Å². The fourth-order valence-corrected chi connectivity index (χ4v) is 3.95. The summed E-state index contributed by atoms with van der Waals surface area (Å²) >= 11 is 0. The number of nitrogens with one attached hydrogen (secondary N) is 1. The van der Waals surface area contributed by atoms with Crippen LogP contribution in [0.2, 0.25) is 0 Å². The first kappa shape index (κ1) is 18.1. The van der Waals surface area contributed by atoms with Gasteiger partial charge < -0.3 is 5.32 Å².